The third-order valence-electron chi connectivity index (χ3n) is 3.30. The smallest absolute Gasteiger partial charge is 0.410 e. The van der Waals surface area contributed by atoms with Gasteiger partial charge in [-0.25, -0.2) is 4.79 Å². The Hall–Kier alpha value is -2.32. The number of hydrogen-bond acceptors (Lipinski definition) is 7. The fourth-order valence-corrected chi connectivity index (χ4v) is 1.99. The molecule has 1 aromatic rings. The van der Waals surface area contributed by atoms with Gasteiger partial charge in [-0.2, -0.15) is 0 Å². The van der Waals surface area contributed by atoms with Crippen LogP contribution in [-0.2, 0) is 22.5 Å². The molecule has 0 unspecified atom stereocenters. The largest absolute Gasteiger partial charge is 0.444 e. The average molecular weight is 366 g/mol. The van der Waals surface area contributed by atoms with E-state index in [0.717, 1.165) is 0 Å². The van der Waals surface area contributed by atoms with Crippen LogP contribution < -0.4 is 0 Å². The summed E-state index contributed by atoms with van der Waals surface area (Å²) in [5.41, 5.74) is -0.995. The molecule has 1 rings (SSSR count). The monoisotopic (exact) mass is 366 g/mol. The minimum Gasteiger partial charge on any atom is -0.444 e. The first-order valence-electron chi connectivity index (χ1n) is 8.54. The molecule has 0 aliphatic heterocycles. The molecular weight excluding hydrogens is 336 g/mol. The Labute approximate surface area is 155 Å². The van der Waals surface area contributed by atoms with Crippen molar-refractivity contribution in [3.05, 3.63) is 11.6 Å². The number of rotatable bonds is 5. The maximum atomic E-state index is 12.1. The minimum atomic E-state index is -0.566. The van der Waals surface area contributed by atoms with Crippen molar-refractivity contribution in [1.82, 2.24) is 30.2 Å². The van der Waals surface area contributed by atoms with Crippen molar-refractivity contribution in [3.8, 4) is 0 Å². The highest BCUT2D eigenvalue weighted by Crippen LogP contribution is 2.16. The maximum absolute atomic E-state index is 12.1. The van der Waals surface area contributed by atoms with Gasteiger partial charge in [0.15, 0.2) is 11.6 Å². The summed E-state index contributed by atoms with van der Waals surface area (Å²) in [4.78, 5) is 27.1. The Kier molecular flexibility index (Phi) is 7.00. The first-order chi connectivity index (χ1) is 11.8. The van der Waals surface area contributed by atoms with E-state index < -0.39 is 17.1 Å². The Balaban J connectivity index is 2.56. The fraction of sp³-hybridized carbons (Fsp3) is 0.765. The predicted molar refractivity (Wildman–Crippen MR) is 96.1 cm³/mol. The van der Waals surface area contributed by atoms with Crippen molar-refractivity contribution in [3.63, 3.8) is 0 Å². The Morgan fingerprint density at radius 2 is 1.38 bits per heavy atom. The van der Waals surface area contributed by atoms with E-state index in [-0.39, 0.29) is 12.5 Å². The topological polar surface area (TPSA) is 101 Å². The van der Waals surface area contributed by atoms with Gasteiger partial charge in [0, 0.05) is 32.5 Å². The van der Waals surface area contributed by atoms with Crippen LogP contribution in [0.1, 0.15) is 53.2 Å². The number of amides is 2. The van der Waals surface area contributed by atoms with Crippen LogP contribution in [0.4, 0.5) is 4.79 Å². The summed E-state index contributed by atoms with van der Waals surface area (Å²) in [7, 11) is 3.34. The number of aromatic nitrogens is 4. The molecule has 0 bridgehead atoms. The van der Waals surface area contributed by atoms with E-state index in [1.165, 1.54) is 4.90 Å². The molecule has 9 nitrogen and oxygen atoms in total. The molecule has 26 heavy (non-hydrogen) atoms. The summed E-state index contributed by atoms with van der Waals surface area (Å²) in [6.07, 6.45) is -0.00645. The van der Waals surface area contributed by atoms with E-state index in [1.807, 2.05) is 20.8 Å². The summed E-state index contributed by atoms with van der Waals surface area (Å²) in [6, 6.07) is 0. The van der Waals surface area contributed by atoms with Gasteiger partial charge in [0.2, 0.25) is 5.91 Å². The van der Waals surface area contributed by atoms with E-state index >= 15 is 0 Å². The highest BCUT2D eigenvalue weighted by molar-refractivity contribution is 5.81. The van der Waals surface area contributed by atoms with Crippen LogP contribution in [0, 0.1) is 5.41 Å². The SMILES string of the molecule is CN(Cc1nnc(CCN(C)C(=O)C(C)(C)C)nn1)C(=O)OC(C)(C)C. The lowest BCUT2D eigenvalue weighted by Crippen LogP contribution is -2.38. The van der Waals surface area contributed by atoms with Crippen LogP contribution in [0.5, 0.6) is 0 Å². The first-order valence-corrected chi connectivity index (χ1v) is 8.54. The molecule has 9 heteroatoms. The third kappa shape index (κ3) is 7.28. The number of likely N-dealkylation sites (N-methyl/N-ethyl adjacent to an activating group) is 1. The zero-order valence-electron chi connectivity index (χ0n) is 17.0. The van der Waals surface area contributed by atoms with Crippen LogP contribution in [0.15, 0.2) is 0 Å². The summed E-state index contributed by atoms with van der Waals surface area (Å²) in [6.45, 7) is 11.7. The van der Waals surface area contributed by atoms with Gasteiger partial charge in [0.05, 0.1) is 6.54 Å². The number of carbonyl (C=O) groups excluding carboxylic acids is 2. The lowest BCUT2D eigenvalue weighted by molar-refractivity contribution is -0.138. The van der Waals surface area contributed by atoms with Crippen LogP contribution >= 0.6 is 0 Å². The second-order valence-electron chi connectivity index (χ2n) is 8.30. The van der Waals surface area contributed by atoms with Crippen molar-refractivity contribution in [2.75, 3.05) is 20.6 Å². The highest BCUT2D eigenvalue weighted by Gasteiger charge is 2.25. The van der Waals surface area contributed by atoms with Crippen molar-refractivity contribution < 1.29 is 14.3 Å². The zero-order valence-corrected chi connectivity index (χ0v) is 17.0. The predicted octanol–water partition coefficient (Wildman–Crippen LogP) is 1.68. The van der Waals surface area contributed by atoms with Crippen molar-refractivity contribution >= 4 is 12.0 Å². The van der Waals surface area contributed by atoms with Crippen LogP contribution in [-0.4, -0.2) is 68.4 Å². The molecule has 0 saturated heterocycles. The lowest BCUT2D eigenvalue weighted by atomic mass is 9.95. The van der Waals surface area contributed by atoms with Gasteiger partial charge in [-0.05, 0) is 20.8 Å². The molecule has 0 spiro atoms. The zero-order chi connectivity index (χ0) is 20.1. The van der Waals surface area contributed by atoms with Crippen molar-refractivity contribution in [1.29, 1.82) is 0 Å². The van der Waals surface area contributed by atoms with E-state index in [0.29, 0.717) is 24.6 Å². The molecule has 0 N–H and O–H groups in total. The standard InChI is InChI=1S/C17H30N6O3/c1-16(2,3)14(24)22(7)10-9-12-18-20-13(21-19-12)11-23(8)15(25)26-17(4,5)6/h9-11H2,1-8H3. The van der Waals surface area contributed by atoms with Gasteiger partial charge in [-0.1, -0.05) is 20.8 Å². The van der Waals surface area contributed by atoms with Gasteiger partial charge >= 0.3 is 6.09 Å². The number of nitrogens with zero attached hydrogens (tertiary/aromatic N) is 6. The third-order valence-corrected chi connectivity index (χ3v) is 3.30. The van der Waals surface area contributed by atoms with Crippen molar-refractivity contribution in [2.24, 2.45) is 5.41 Å². The van der Waals surface area contributed by atoms with Gasteiger partial charge < -0.3 is 14.5 Å². The van der Waals surface area contributed by atoms with Crippen LogP contribution in [0.2, 0.25) is 0 Å². The molecule has 0 aliphatic carbocycles. The summed E-state index contributed by atoms with van der Waals surface area (Å²) in [5, 5.41) is 16.0. The van der Waals surface area contributed by atoms with Crippen LogP contribution in [0.3, 0.4) is 0 Å². The van der Waals surface area contributed by atoms with E-state index in [9.17, 15) is 9.59 Å². The lowest BCUT2D eigenvalue weighted by Gasteiger charge is -2.25. The van der Waals surface area contributed by atoms with E-state index in [2.05, 4.69) is 20.4 Å². The Bertz CT molecular complexity index is 619. The van der Waals surface area contributed by atoms with Crippen molar-refractivity contribution in [2.45, 2.75) is 60.1 Å². The highest BCUT2D eigenvalue weighted by atomic mass is 16.6. The molecule has 0 aliphatic rings. The van der Waals surface area contributed by atoms with Crippen LogP contribution in [0.25, 0.3) is 0 Å². The van der Waals surface area contributed by atoms with E-state index in [1.54, 1.807) is 39.8 Å². The minimum absolute atomic E-state index is 0.0500. The molecule has 1 heterocycles. The number of ether oxygens (including phenoxy) is 1. The Morgan fingerprint density at radius 1 is 0.885 bits per heavy atom. The molecule has 0 radical (unpaired) electrons. The molecule has 2 amide bonds. The molecule has 0 saturated carbocycles. The Morgan fingerprint density at radius 3 is 1.85 bits per heavy atom. The maximum Gasteiger partial charge on any atom is 0.410 e. The first kappa shape index (κ1) is 21.7. The van der Waals surface area contributed by atoms with Gasteiger partial charge in [0.25, 0.3) is 0 Å². The molecule has 0 fully saturated rings. The average Bonchev–Trinajstić information content (AvgIpc) is 2.50. The molecule has 0 aromatic carbocycles. The molecule has 0 atom stereocenters. The summed E-state index contributed by atoms with van der Waals surface area (Å²) >= 11 is 0. The second kappa shape index (κ2) is 8.37. The van der Waals surface area contributed by atoms with Gasteiger partial charge in [-0.3, -0.25) is 4.79 Å². The quantitative estimate of drug-likeness (QED) is 0.781. The van der Waals surface area contributed by atoms with E-state index in [4.69, 9.17) is 4.74 Å². The molecular formula is C17H30N6O3. The number of hydrogen-bond donors (Lipinski definition) is 0. The molecule has 146 valence electrons. The summed E-state index contributed by atoms with van der Waals surface area (Å²) < 4.78 is 5.26. The molecule has 1 aromatic heterocycles. The summed E-state index contributed by atoms with van der Waals surface area (Å²) in [5.74, 6) is 0.817. The second-order valence-corrected chi connectivity index (χ2v) is 8.30. The normalized spacial score (nSPS) is 11.8. The van der Waals surface area contributed by atoms with Gasteiger partial charge in [0.1, 0.15) is 5.60 Å². The fourth-order valence-electron chi connectivity index (χ4n) is 1.99. The van der Waals surface area contributed by atoms with Gasteiger partial charge in [-0.15, -0.1) is 20.4 Å². The number of carbonyl (C=O) groups is 2.